The molecule has 0 aliphatic carbocycles. The van der Waals surface area contributed by atoms with Crippen LogP contribution in [-0.2, 0) is 19.1 Å². The number of alkyl halides is 3. The van der Waals surface area contributed by atoms with E-state index in [-0.39, 0.29) is 46.2 Å². The Bertz CT molecular complexity index is 1540. The molecule has 1 N–H and O–H groups in total. The lowest BCUT2D eigenvalue weighted by molar-refractivity contribution is -0.141. The van der Waals surface area contributed by atoms with Gasteiger partial charge in [-0.15, -0.1) is 0 Å². The number of aromatic nitrogens is 2. The van der Waals surface area contributed by atoms with Gasteiger partial charge in [0.1, 0.15) is 23.5 Å². The van der Waals surface area contributed by atoms with E-state index in [9.17, 15) is 23.2 Å². The normalized spacial score (nSPS) is 11.1. The molecule has 2 aromatic carbocycles. The van der Waals surface area contributed by atoms with Crippen LogP contribution in [0.4, 0.5) is 13.2 Å². The van der Waals surface area contributed by atoms with Gasteiger partial charge in [0.2, 0.25) is 0 Å². The van der Waals surface area contributed by atoms with Crippen molar-refractivity contribution in [1.29, 1.82) is 5.26 Å². The Kier molecular flexibility index (Phi) is 8.91. The van der Waals surface area contributed by atoms with Crippen molar-refractivity contribution < 1.29 is 32.0 Å². The van der Waals surface area contributed by atoms with E-state index in [1.165, 1.54) is 25.5 Å². The molecule has 2 heterocycles. The molecule has 0 saturated carbocycles. The number of para-hydroxylation sites is 1. The zero-order valence-corrected chi connectivity index (χ0v) is 21.8. The number of methoxy groups -OCH3 is 1. The first-order valence-electron chi connectivity index (χ1n) is 11.9. The first kappa shape index (κ1) is 28.4. The van der Waals surface area contributed by atoms with Crippen molar-refractivity contribution in [2.75, 3.05) is 13.7 Å². The van der Waals surface area contributed by atoms with Crippen molar-refractivity contribution in [2.24, 2.45) is 0 Å². The van der Waals surface area contributed by atoms with Gasteiger partial charge in [-0.3, -0.25) is 9.78 Å². The van der Waals surface area contributed by atoms with E-state index < -0.39 is 17.8 Å². The molecule has 0 atom stereocenters. The summed E-state index contributed by atoms with van der Waals surface area (Å²) in [6.45, 7) is 0.345. The summed E-state index contributed by atoms with van der Waals surface area (Å²) in [5.41, 5.74) is 0.353. The van der Waals surface area contributed by atoms with Crippen LogP contribution in [0.15, 0.2) is 65.6 Å². The first-order valence-corrected chi connectivity index (χ1v) is 12.3. The molecule has 0 saturated heterocycles. The number of aryl methyl sites for hydroxylation is 1. The van der Waals surface area contributed by atoms with Crippen molar-refractivity contribution in [3.8, 4) is 28.7 Å². The van der Waals surface area contributed by atoms with Gasteiger partial charge in [-0.25, -0.2) is 0 Å². The highest BCUT2D eigenvalue weighted by atomic mass is 35.5. The number of amides is 1. The zero-order valence-electron chi connectivity index (χ0n) is 21.1. The fourth-order valence-corrected chi connectivity index (χ4v) is 4.16. The molecule has 40 heavy (non-hydrogen) atoms. The van der Waals surface area contributed by atoms with Crippen LogP contribution in [0, 0.1) is 11.3 Å². The Labute approximate surface area is 232 Å². The van der Waals surface area contributed by atoms with E-state index in [4.69, 9.17) is 25.6 Å². The van der Waals surface area contributed by atoms with Gasteiger partial charge in [-0.1, -0.05) is 35.0 Å². The summed E-state index contributed by atoms with van der Waals surface area (Å²) >= 11 is 6.50. The molecule has 0 aliphatic heterocycles. The van der Waals surface area contributed by atoms with Crippen molar-refractivity contribution in [3.63, 3.8) is 0 Å². The van der Waals surface area contributed by atoms with Crippen molar-refractivity contribution in [2.45, 2.75) is 25.6 Å². The molecule has 2 aromatic heterocycles. The average molecular weight is 571 g/mol. The number of rotatable bonds is 10. The molecule has 12 heteroatoms. The lowest BCUT2D eigenvalue weighted by atomic mass is 9.98. The van der Waals surface area contributed by atoms with Crippen LogP contribution >= 0.6 is 11.6 Å². The monoisotopic (exact) mass is 570 g/mol. The number of carbonyl (C=O) groups excluding carboxylic acids is 1. The summed E-state index contributed by atoms with van der Waals surface area (Å²) < 4.78 is 55.6. The van der Waals surface area contributed by atoms with E-state index in [1.54, 1.807) is 36.5 Å². The van der Waals surface area contributed by atoms with Crippen molar-refractivity contribution in [3.05, 3.63) is 94.1 Å². The quantitative estimate of drug-likeness (QED) is 0.225. The number of hydrogen-bond donors (Lipinski definition) is 1. The maximum atomic E-state index is 13.4. The lowest BCUT2D eigenvalue weighted by Gasteiger charge is -2.16. The number of carbonyl (C=O) groups is 1. The number of benzene rings is 2. The van der Waals surface area contributed by atoms with Crippen LogP contribution in [0.2, 0.25) is 5.02 Å². The molecular weight excluding hydrogens is 549 g/mol. The Hall–Kier alpha value is -4.56. The van der Waals surface area contributed by atoms with Crippen LogP contribution in [0.25, 0.3) is 11.1 Å². The lowest BCUT2D eigenvalue weighted by Crippen LogP contribution is -2.24. The topological polar surface area (TPSA) is 110 Å². The Morgan fingerprint density at radius 1 is 1.15 bits per heavy atom. The summed E-state index contributed by atoms with van der Waals surface area (Å²) in [5.74, 6) is 0.213. The largest absolute Gasteiger partial charge is 0.496 e. The minimum atomic E-state index is -4.73. The Morgan fingerprint density at radius 2 is 1.95 bits per heavy atom. The van der Waals surface area contributed by atoms with Gasteiger partial charge < -0.3 is 19.3 Å². The van der Waals surface area contributed by atoms with Crippen LogP contribution in [-0.4, -0.2) is 29.8 Å². The minimum Gasteiger partial charge on any atom is -0.496 e. The van der Waals surface area contributed by atoms with Gasteiger partial charge in [0.25, 0.3) is 5.91 Å². The van der Waals surface area contributed by atoms with E-state index in [2.05, 4.69) is 15.5 Å². The van der Waals surface area contributed by atoms with Gasteiger partial charge in [0, 0.05) is 41.1 Å². The van der Waals surface area contributed by atoms with E-state index in [1.807, 2.05) is 0 Å². The predicted molar refractivity (Wildman–Crippen MR) is 139 cm³/mol. The molecule has 0 unspecified atom stereocenters. The van der Waals surface area contributed by atoms with Crippen LogP contribution in [0.1, 0.15) is 39.2 Å². The predicted octanol–water partition coefficient (Wildman–Crippen LogP) is 6.23. The molecule has 206 valence electrons. The van der Waals surface area contributed by atoms with E-state index in [0.29, 0.717) is 24.7 Å². The van der Waals surface area contributed by atoms with Crippen LogP contribution < -0.4 is 14.8 Å². The number of nitrogens with zero attached hydrogens (tertiary/aromatic N) is 3. The molecule has 0 aliphatic rings. The summed E-state index contributed by atoms with van der Waals surface area (Å²) in [6.07, 6.45) is 0.485. The number of ether oxygens (including phenoxy) is 2. The minimum absolute atomic E-state index is 0.0401. The van der Waals surface area contributed by atoms with Gasteiger partial charge in [-0.2, -0.15) is 18.4 Å². The summed E-state index contributed by atoms with van der Waals surface area (Å²) in [5, 5.41) is 16.1. The highest BCUT2D eigenvalue weighted by Gasteiger charge is 2.33. The van der Waals surface area contributed by atoms with Gasteiger partial charge in [0.15, 0.2) is 0 Å². The first-order chi connectivity index (χ1) is 19.2. The molecule has 0 spiro atoms. The number of nitriles is 1. The average Bonchev–Trinajstić information content (AvgIpc) is 3.47. The fraction of sp³-hybridized carbons (Fsp3) is 0.214. The highest BCUT2D eigenvalue weighted by Crippen LogP contribution is 2.37. The van der Waals surface area contributed by atoms with Crippen molar-refractivity contribution >= 4 is 17.5 Å². The highest BCUT2D eigenvalue weighted by molar-refractivity contribution is 6.33. The molecule has 0 bridgehead atoms. The second kappa shape index (κ2) is 12.5. The maximum absolute atomic E-state index is 13.4. The number of pyridine rings is 1. The summed E-state index contributed by atoms with van der Waals surface area (Å²) in [6, 6.07) is 12.3. The summed E-state index contributed by atoms with van der Waals surface area (Å²) in [4.78, 5) is 16.8. The van der Waals surface area contributed by atoms with Crippen molar-refractivity contribution in [1.82, 2.24) is 15.5 Å². The smallest absolute Gasteiger partial charge is 0.433 e. The Morgan fingerprint density at radius 3 is 2.65 bits per heavy atom. The van der Waals surface area contributed by atoms with E-state index >= 15 is 0 Å². The maximum Gasteiger partial charge on any atom is 0.433 e. The summed E-state index contributed by atoms with van der Waals surface area (Å²) in [7, 11) is 1.52. The number of hydrogen-bond acceptors (Lipinski definition) is 7. The number of halogens is 4. The third kappa shape index (κ3) is 6.71. The zero-order chi connectivity index (χ0) is 28.7. The molecule has 4 rings (SSSR count). The van der Waals surface area contributed by atoms with E-state index in [0.717, 1.165) is 17.3 Å². The van der Waals surface area contributed by atoms with Crippen LogP contribution in [0.3, 0.4) is 0 Å². The van der Waals surface area contributed by atoms with Gasteiger partial charge in [-0.05, 0) is 31.0 Å². The number of nitrogens with one attached hydrogen (secondary N) is 1. The molecule has 1 amide bonds. The molecule has 4 aromatic rings. The standard InChI is InChI=1S/C28H22ClF3N4O4/c1-38-24-7-3-2-6-18(24)14-35-27(37)21-10-20(22-15-34-26(28(30,31)32)9-19(22)12-33)23(29)11-25(21)39-8-4-5-17-13-36-40-16-17/h2-3,6-7,9-11,13,15-16H,4-5,8,14H2,1H3,(H,35,37). The third-order valence-corrected chi connectivity index (χ3v) is 6.21. The third-order valence-electron chi connectivity index (χ3n) is 5.90. The second-order valence-electron chi connectivity index (χ2n) is 8.53. The Balaban J connectivity index is 1.66. The molecule has 8 nitrogen and oxygen atoms in total. The van der Waals surface area contributed by atoms with Crippen LogP contribution in [0.5, 0.6) is 11.5 Å². The second-order valence-corrected chi connectivity index (χ2v) is 8.94. The molecular formula is C28H22ClF3N4O4. The van der Waals surface area contributed by atoms with Gasteiger partial charge in [0.05, 0.1) is 42.1 Å². The van der Waals surface area contributed by atoms with Gasteiger partial charge >= 0.3 is 6.18 Å². The molecule has 0 radical (unpaired) electrons. The SMILES string of the molecule is COc1ccccc1CNC(=O)c1cc(-c2cnc(C(F)(F)F)cc2C#N)c(Cl)cc1OCCCc1cnoc1. The fourth-order valence-electron chi connectivity index (χ4n) is 3.90. The molecule has 0 fully saturated rings.